The number of aryl methyl sites for hydroxylation is 2. The predicted octanol–water partition coefficient (Wildman–Crippen LogP) is 3.03. The molecule has 3 aromatic rings. The Hall–Kier alpha value is -3.15. The number of benzene rings is 1. The average Bonchev–Trinajstić information content (AvgIpc) is 3.00. The summed E-state index contributed by atoms with van der Waals surface area (Å²) >= 11 is 0. The summed E-state index contributed by atoms with van der Waals surface area (Å²) in [5.74, 6) is 1.26. The van der Waals surface area contributed by atoms with Crippen molar-refractivity contribution in [2.75, 3.05) is 5.32 Å². The van der Waals surface area contributed by atoms with E-state index in [0.717, 1.165) is 17.0 Å². The van der Waals surface area contributed by atoms with Gasteiger partial charge in [-0.1, -0.05) is 30.3 Å². The number of urea groups is 1. The Labute approximate surface area is 140 Å². The first-order valence-electron chi connectivity index (χ1n) is 7.66. The van der Waals surface area contributed by atoms with Crippen LogP contribution >= 0.6 is 0 Å². The lowest BCUT2D eigenvalue weighted by Crippen LogP contribution is -2.35. The molecule has 6 nitrogen and oxygen atoms in total. The van der Waals surface area contributed by atoms with Crippen molar-refractivity contribution < 1.29 is 4.79 Å². The fourth-order valence-corrected chi connectivity index (χ4v) is 2.57. The quantitative estimate of drug-likeness (QED) is 0.776. The second-order valence-corrected chi connectivity index (χ2v) is 5.50. The van der Waals surface area contributed by atoms with Gasteiger partial charge in [0, 0.05) is 25.6 Å². The van der Waals surface area contributed by atoms with E-state index >= 15 is 0 Å². The Kier molecular flexibility index (Phi) is 4.56. The molecule has 0 saturated carbocycles. The monoisotopic (exact) mass is 321 g/mol. The molecule has 0 aliphatic carbocycles. The minimum atomic E-state index is -0.352. The van der Waals surface area contributed by atoms with Gasteiger partial charge in [0.05, 0.1) is 0 Å². The van der Waals surface area contributed by atoms with Gasteiger partial charge in [-0.05, 0) is 30.2 Å². The lowest BCUT2D eigenvalue weighted by molar-refractivity contribution is 0.249. The molecule has 0 spiro atoms. The van der Waals surface area contributed by atoms with Crippen molar-refractivity contribution in [3.05, 3.63) is 78.0 Å². The van der Waals surface area contributed by atoms with E-state index in [-0.39, 0.29) is 12.1 Å². The molecule has 1 aromatic carbocycles. The van der Waals surface area contributed by atoms with Gasteiger partial charge in [0.15, 0.2) is 0 Å². The molecule has 1 unspecified atom stereocenters. The molecule has 2 amide bonds. The molecule has 1 atom stereocenters. The van der Waals surface area contributed by atoms with Crippen molar-refractivity contribution in [3.8, 4) is 0 Å². The minimum Gasteiger partial charge on any atom is -0.336 e. The number of hydrogen-bond acceptors (Lipinski definition) is 3. The molecule has 0 aliphatic rings. The van der Waals surface area contributed by atoms with Gasteiger partial charge in [-0.3, -0.25) is 5.32 Å². The van der Waals surface area contributed by atoms with Gasteiger partial charge in [-0.25, -0.2) is 14.8 Å². The minimum absolute atomic E-state index is 0.329. The zero-order valence-electron chi connectivity index (χ0n) is 13.6. The van der Waals surface area contributed by atoms with Crippen molar-refractivity contribution in [1.82, 2.24) is 19.9 Å². The predicted molar refractivity (Wildman–Crippen MR) is 92.6 cm³/mol. The van der Waals surface area contributed by atoms with Gasteiger partial charge < -0.3 is 9.88 Å². The van der Waals surface area contributed by atoms with Gasteiger partial charge in [0.25, 0.3) is 0 Å². The second kappa shape index (κ2) is 6.95. The Morgan fingerprint density at radius 2 is 1.88 bits per heavy atom. The number of imidazole rings is 1. The van der Waals surface area contributed by atoms with Crippen LogP contribution in [0.1, 0.15) is 23.0 Å². The molecule has 0 bridgehead atoms. The van der Waals surface area contributed by atoms with Crippen LogP contribution in [-0.2, 0) is 7.05 Å². The normalized spacial score (nSPS) is 11.8. The topological polar surface area (TPSA) is 71.8 Å². The number of nitrogens with zero attached hydrogens (tertiary/aromatic N) is 3. The number of nitrogens with one attached hydrogen (secondary N) is 2. The maximum atomic E-state index is 12.4. The van der Waals surface area contributed by atoms with Crippen LogP contribution in [-0.4, -0.2) is 20.6 Å². The van der Waals surface area contributed by atoms with Crippen molar-refractivity contribution >= 4 is 11.8 Å². The molecule has 24 heavy (non-hydrogen) atoms. The van der Waals surface area contributed by atoms with Crippen molar-refractivity contribution in [1.29, 1.82) is 0 Å². The summed E-state index contributed by atoms with van der Waals surface area (Å²) in [5.41, 5.74) is 2.09. The molecule has 0 aliphatic heterocycles. The van der Waals surface area contributed by atoms with Crippen molar-refractivity contribution in [2.24, 2.45) is 7.05 Å². The van der Waals surface area contributed by atoms with E-state index in [1.54, 1.807) is 24.5 Å². The van der Waals surface area contributed by atoms with E-state index in [0.29, 0.717) is 5.82 Å². The number of amides is 2. The van der Waals surface area contributed by atoms with Crippen LogP contribution in [0.4, 0.5) is 10.6 Å². The summed E-state index contributed by atoms with van der Waals surface area (Å²) in [5, 5.41) is 5.74. The first-order valence-corrected chi connectivity index (χ1v) is 7.66. The van der Waals surface area contributed by atoms with Gasteiger partial charge in [0.2, 0.25) is 0 Å². The standard InChI is InChI=1S/C18H19N5O/c1-13-7-3-4-8-14(13)16(17-20-11-12-23(17)2)22-18(24)21-15-9-5-6-10-19-15/h3-12,16H,1-2H3,(H2,19,21,22,24). The lowest BCUT2D eigenvalue weighted by atomic mass is 10.0. The van der Waals surface area contributed by atoms with Crippen LogP contribution in [0, 0.1) is 6.92 Å². The van der Waals surface area contributed by atoms with Crippen LogP contribution in [0.25, 0.3) is 0 Å². The Bertz CT molecular complexity index is 828. The second-order valence-electron chi connectivity index (χ2n) is 5.50. The number of aromatic nitrogens is 3. The molecule has 0 radical (unpaired) electrons. The molecule has 2 aromatic heterocycles. The van der Waals surface area contributed by atoms with Gasteiger partial charge >= 0.3 is 6.03 Å². The van der Waals surface area contributed by atoms with E-state index < -0.39 is 0 Å². The highest BCUT2D eigenvalue weighted by Gasteiger charge is 2.22. The SMILES string of the molecule is Cc1ccccc1C(NC(=O)Nc1ccccn1)c1nccn1C. The molecule has 2 N–H and O–H groups in total. The van der Waals surface area contributed by atoms with Crippen LogP contribution in [0.15, 0.2) is 61.1 Å². The van der Waals surface area contributed by atoms with E-state index in [1.165, 1.54) is 0 Å². The lowest BCUT2D eigenvalue weighted by Gasteiger charge is -2.21. The maximum Gasteiger partial charge on any atom is 0.321 e. The van der Waals surface area contributed by atoms with E-state index in [4.69, 9.17) is 0 Å². The van der Waals surface area contributed by atoms with E-state index in [9.17, 15) is 4.79 Å². The maximum absolute atomic E-state index is 12.4. The molecule has 6 heteroatoms. The highest BCUT2D eigenvalue weighted by atomic mass is 16.2. The highest BCUT2D eigenvalue weighted by Crippen LogP contribution is 2.23. The first kappa shape index (κ1) is 15.7. The summed E-state index contributed by atoms with van der Waals surface area (Å²) in [4.78, 5) is 20.9. The van der Waals surface area contributed by atoms with Crippen LogP contribution in [0.3, 0.4) is 0 Å². The van der Waals surface area contributed by atoms with Crippen molar-refractivity contribution in [2.45, 2.75) is 13.0 Å². The third kappa shape index (κ3) is 3.43. The van der Waals surface area contributed by atoms with Gasteiger partial charge in [-0.2, -0.15) is 0 Å². The molecular formula is C18H19N5O. The number of hydrogen-bond donors (Lipinski definition) is 2. The zero-order valence-corrected chi connectivity index (χ0v) is 13.6. The Balaban J connectivity index is 1.87. The molecule has 0 saturated heterocycles. The first-order chi connectivity index (χ1) is 11.6. The number of carbonyl (C=O) groups is 1. The summed E-state index contributed by atoms with van der Waals surface area (Å²) in [6.45, 7) is 2.02. The molecule has 2 heterocycles. The molecule has 0 fully saturated rings. The molecule has 122 valence electrons. The molecule has 3 rings (SSSR count). The Morgan fingerprint density at radius 3 is 2.54 bits per heavy atom. The number of rotatable bonds is 4. The van der Waals surface area contributed by atoms with Crippen LogP contribution in [0.2, 0.25) is 0 Å². The summed E-state index contributed by atoms with van der Waals surface area (Å²) in [6, 6.07) is 12.6. The van der Waals surface area contributed by atoms with Crippen molar-refractivity contribution in [3.63, 3.8) is 0 Å². The average molecular weight is 321 g/mol. The summed E-state index contributed by atoms with van der Waals surface area (Å²) < 4.78 is 1.90. The summed E-state index contributed by atoms with van der Waals surface area (Å²) in [6.07, 6.45) is 5.21. The fraction of sp³-hybridized carbons (Fsp3) is 0.167. The number of pyridine rings is 1. The fourth-order valence-electron chi connectivity index (χ4n) is 2.57. The van der Waals surface area contributed by atoms with Gasteiger partial charge in [0.1, 0.15) is 17.7 Å². The number of carbonyl (C=O) groups excluding carboxylic acids is 1. The van der Waals surface area contributed by atoms with E-state index in [1.807, 2.05) is 55.1 Å². The van der Waals surface area contributed by atoms with E-state index in [2.05, 4.69) is 20.6 Å². The zero-order chi connectivity index (χ0) is 16.9. The largest absolute Gasteiger partial charge is 0.336 e. The van der Waals surface area contributed by atoms with Gasteiger partial charge in [-0.15, -0.1) is 0 Å². The third-order valence-electron chi connectivity index (χ3n) is 3.80. The van der Waals surface area contributed by atoms with Crippen LogP contribution < -0.4 is 10.6 Å². The number of anilines is 1. The highest BCUT2D eigenvalue weighted by molar-refractivity contribution is 5.88. The third-order valence-corrected chi connectivity index (χ3v) is 3.80. The summed E-state index contributed by atoms with van der Waals surface area (Å²) in [7, 11) is 1.91. The Morgan fingerprint density at radius 1 is 1.08 bits per heavy atom. The van der Waals surface area contributed by atoms with Crippen LogP contribution in [0.5, 0.6) is 0 Å². The smallest absolute Gasteiger partial charge is 0.321 e. The molecular weight excluding hydrogens is 302 g/mol.